The summed E-state index contributed by atoms with van der Waals surface area (Å²) < 4.78 is 20.8. The summed E-state index contributed by atoms with van der Waals surface area (Å²) in [4.78, 5) is 16.8. The second kappa shape index (κ2) is 10.9. The summed E-state index contributed by atoms with van der Waals surface area (Å²) in [5.41, 5.74) is 2.92. The van der Waals surface area contributed by atoms with Crippen molar-refractivity contribution in [1.29, 1.82) is 5.26 Å². The summed E-state index contributed by atoms with van der Waals surface area (Å²) in [5, 5.41) is 15.7. The number of hydrogen-bond donors (Lipinski definition) is 1. The Balaban J connectivity index is 1.23. The van der Waals surface area contributed by atoms with Gasteiger partial charge in [-0.25, -0.2) is 4.39 Å². The maximum atomic E-state index is 14.4. The van der Waals surface area contributed by atoms with Crippen molar-refractivity contribution in [3.05, 3.63) is 52.7 Å². The summed E-state index contributed by atoms with van der Waals surface area (Å²) >= 11 is 6.69. The minimum atomic E-state index is -0.807. The van der Waals surface area contributed by atoms with Gasteiger partial charge in [-0.15, -0.1) is 0 Å². The summed E-state index contributed by atoms with van der Waals surface area (Å²) in [7, 11) is 0. The molecule has 1 N–H and O–H groups in total. The zero-order valence-corrected chi connectivity index (χ0v) is 23.9. The van der Waals surface area contributed by atoms with E-state index < -0.39 is 6.17 Å². The van der Waals surface area contributed by atoms with E-state index in [1.165, 1.54) is 0 Å². The van der Waals surface area contributed by atoms with Crippen LogP contribution in [0.3, 0.4) is 0 Å². The Bertz CT molecular complexity index is 1490. The molecule has 3 aromatic rings. The number of rotatable bonds is 6. The topological polar surface area (TPSA) is 80.5 Å². The lowest BCUT2D eigenvalue weighted by Gasteiger charge is -2.37. The molecule has 4 aliphatic rings. The summed E-state index contributed by atoms with van der Waals surface area (Å²) in [6, 6.07) is 15.1. The van der Waals surface area contributed by atoms with Crippen LogP contribution in [0.4, 0.5) is 15.9 Å². The van der Waals surface area contributed by atoms with E-state index in [2.05, 4.69) is 50.4 Å². The van der Waals surface area contributed by atoms with Crippen molar-refractivity contribution < 1.29 is 9.13 Å². The van der Waals surface area contributed by atoms with E-state index in [4.69, 9.17) is 26.3 Å². The quantitative estimate of drug-likeness (QED) is 0.460. The lowest BCUT2D eigenvalue weighted by atomic mass is 9.95. The Morgan fingerprint density at radius 1 is 1.12 bits per heavy atom. The number of nitrogens with zero attached hydrogens (tertiary/aromatic N) is 6. The minimum Gasteiger partial charge on any atom is -0.461 e. The van der Waals surface area contributed by atoms with Crippen LogP contribution in [-0.4, -0.2) is 78.5 Å². The fraction of sp³-hybridized carbons (Fsp3) is 0.516. The predicted molar refractivity (Wildman–Crippen MR) is 159 cm³/mol. The molecule has 3 fully saturated rings. The van der Waals surface area contributed by atoms with Crippen LogP contribution >= 0.6 is 11.6 Å². The fourth-order valence-corrected chi connectivity index (χ4v) is 7.65. The number of ether oxygens (including phenoxy) is 1. The maximum Gasteiger partial charge on any atom is 0.318 e. The molecule has 3 atom stereocenters. The molecule has 214 valence electrons. The number of anilines is 2. The third-order valence-corrected chi connectivity index (χ3v) is 9.63. The monoisotopic (exact) mass is 575 g/mol. The highest BCUT2D eigenvalue weighted by Crippen LogP contribution is 2.41. The Hall–Kier alpha value is -3.19. The standard InChI is InChI=1S/C31H35ClFN7O/c32-25-6-1-4-21-5-2-7-27(28(21)25)38-14-9-24-26(19-38)36-30(37-29(24)39-15-12-35-23(18-39)8-11-34)41-20-31-10-3-13-40(31)17-22(33)16-31/h1-2,4-7,22-23,35H,3,8-10,12-20H2/t22?,23?,31-/m0/s1. The van der Waals surface area contributed by atoms with Crippen LogP contribution in [0, 0.1) is 11.3 Å². The van der Waals surface area contributed by atoms with Crippen LogP contribution in [0.15, 0.2) is 36.4 Å². The highest BCUT2D eigenvalue weighted by molar-refractivity contribution is 6.36. The molecule has 41 heavy (non-hydrogen) atoms. The van der Waals surface area contributed by atoms with E-state index in [1.54, 1.807) is 0 Å². The van der Waals surface area contributed by atoms with Crippen molar-refractivity contribution in [2.24, 2.45) is 0 Å². The number of alkyl halides is 1. The first-order valence-electron chi connectivity index (χ1n) is 14.7. The maximum absolute atomic E-state index is 14.4. The van der Waals surface area contributed by atoms with E-state index >= 15 is 0 Å². The molecular weight excluding hydrogens is 541 g/mol. The number of aromatic nitrogens is 2. The van der Waals surface area contributed by atoms with Crippen molar-refractivity contribution in [1.82, 2.24) is 20.2 Å². The molecule has 2 unspecified atom stereocenters. The zero-order valence-electron chi connectivity index (χ0n) is 23.2. The molecule has 0 saturated carbocycles. The van der Waals surface area contributed by atoms with Gasteiger partial charge < -0.3 is 19.9 Å². The van der Waals surface area contributed by atoms with Gasteiger partial charge in [0, 0.05) is 61.8 Å². The van der Waals surface area contributed by atoms with Gasteiger partial charge in [-0.05, 0) is 43.3 Å². The molecule has 0 amide bonds. The third-order valence-electron chi connectivity index (χ3n) is 9.32. The van der Waals surface area contributed by atoms with Crippen molar-refractivity contribution in [2.75, 3.05) is 55.7 Å². The second-order valence-corrected chi connectivity index (χ2v) is 12.3. The number of hydrogen-bond acceptors (Lipinski definition) is 8. The molecule has 2 aromatic carbocycles. The first-order chi connectivity index (χ1) is 20.0. The first kappa shape index (κ1) is 26.7. The van der Waals surface area contributed by atoms with Gasteiger partial charge in [0.15, 0.2) is 0 Å². The van der Waals surface area contributed by atoms with Crippen molar-refractivity contribution in [3.63, 3.8) is 0 Å². The van der Waals surface area contributed by atoms with E-state index in [1.807, 2.05) is 12.1 Å². The number of piperazine rings is 1. The van der Waals surface area contributed by atoms with Gasteiger partial charge in [-0.2, -0.15) is 15.2 Å². The average molecular weight is 576 g/mol. The SMILES string of the molecule is N#CCC1CN(c2nc(OC[C@@]34CCCN3CC(F)C4)nc3c2CCN(c2cccc4cccc(Cl)c24)C3)CCN1. The van der Waals surface area contributed by atoms with Crippen LogP contribution in [0.1, 0.15) is 36.9 Å². The van der Waals surface area contributed by atoms with Crippen LogP contribution in [0.2, 0.25) is 5.02 Å². The molecule has 8 nitrogen and oxygen atoms in total. The molecule has 1 aromatic heterocycles. The van der Waals surface area contributed by atoms with Crippen molar-refractivity contribution >= 4 is 33.9 Å². The molecule has 5 heterocycles. The molecule has 0 radical (unpaired) electrons. The molecule has 4 aliphatic heterocycles. The smallest absolute Gasteiger partial charge is 0.318 e. The zero-order chi connectivity index (χ0) is 28.0. The normalized spacial score (nSPS) is 26.2. The van der Waals surface area contributed by atoms with Gasteiger partial charge in [0.25, 0.3) is 0 Å². The number of nitrogens with one attached hydrogen (secondary N) is 1. The summed E-state index contributed by atoms with van der Waals surface area (Å²) in [6.07, 6.45) is 2.95. The predicted octanol–water partition coefficient (Wildman–Crippen LogP) is 4.49. The van der Waals surface area contributed by atoms with Gasteiger partial charge in [-0.3, -0.25) is 4.90 Å². The highest BCUT2D eigenvalue weighted by Gasteiger charge is 2.49. The van der Waals surface area contributed by atoms with E-state index in [-0.39, 0.29) is 11.6 Å². The largest absolute Gasteiger partial charge is 0.461 e. The van der Waals surface area contributed by atoms with E-state index in [0.29, 0.717) is 45.1 Å². The van der Waals surface area contributed by atoms with E-state index in [9.17, 15) is 9.65 Å². The van der Waals surface area contributed by atoms with Crippen LogP contribution in [-0.2, 0) is 13.0 Å². The lowest BCUT2D eigenvalue weighted by Crippen LogP contribution is -2.51. The number of fused-ring (bicyclic) bond motifs is 3. The Morgan fingerprint density at radius 2 is 2.00 bits per heavy atom. The number of nitriles is 1. The van der Waals surface area contributed by atoms with Gasteiger partial charge in [0.05, 0.1) is 35.3 Å². The number of benzene rings is 2. The Morgan fingerprint density at radius 3 is 2.88 bits per heavy atom. The molecule has 0 bridgehead atoms. The molecular formula is C31H35ClFN7O. The molecule has 7 rings (SSSR count). The molecule has 0 spiro atoms. The minimum absolute atomic E-state index is 0.0903. The van der Waals surface area contributed by atoms with Gasteiger partial charge >= 0.3 is 6.01 Å². The Kier molecular flexibility index (Phi) is 7.10. The molecule has 0 aliphatic carbocycles. The summed E-state index contributed by atoms with van der Waals surface area (Å²) in [5.74, 6) is 0.903. The molecule has 10 heteroatoms. The Labute approximate surface area is 245 Å². The van der Waals surface area contributed by atoms with Crippen molar-refractivity contribution in [2.45, 2.75) is 56.4 Å². The van der Waals surface area contributed by atoms with E-state index in [0.717, 1.165) is 84.0 Å². The first-order valence-corrected chi connectivity index (χ1v) is 15.1. The molecule has 3 saturated heterocycles. The summed E-state index contributed by atoms with van der Waals surface area (Å²) in [6.45, 7) is 5.54. The van der Waals surface area contributed by atoms with Gasteiger partial charge in [-0.1, -0.05) is 35.9 Å². The number of halogens is 2. The fourth-order valence-electron chi connectivity index (χ4n) is 7.37. The lowest BCUT2D eigenvalue weighted by molar-refractivity contribution is 0.107. The van der Waals surface area contributed by atoms with Crippen LogP contribution < -0.4 is 19.9 Å². The van der Waals surface area contributed by atoms with Gasteiger partial charge in [0.1, 0.15) is 18.6 Å². The van der Waals surface area contributed by atoms with Crippen LogP contribution in [0.25, 0.3) is 10.8 Å². The third kappa shape index (κ3) is 4.96. The average Bonchev–Trinajstić information content (AvgIpc) is 3.51. The highest BCUT2D eigenvalue weighted by atomic mass is 35.5. The van der Waals surface area contributed by atoms with Crippen LogP contribution in [0.5, 0.6) is 6.01 Å². The van der Waals surface area contributed by atoms with Gasteiger partial charge in [0.2, 0.25) is 0 Å². The van der Waals surface area contributed by atoms with Crippen molar-refractivity contribution in [3.8, 4) is 12.1 Å². The second-order valence-electron chi connectivity index (χ2n) is 11.9.